The summed E-state index contributed by atoms with van der Waals surface area (Å²) >= 11 is 0. The van der Waals surface area contributed by atoms with Crippen molar-refractivity contribution in [1.82, 2.24) is 0 Å². The van der Waals surface area contributed by atoms with Crippen molar-refractivity contribution in [1.29, 1.82) is 0 Å². The molecule has 45 heavy (non-hydrogen) atoms. The first-order chi connectivity index (χ1) is 21.2. The van der Waals surface area contributed by atoms with Crippen LogP contribution in [0.1, 0.15) is 69.8 Å². The summed E-state index contributed by atoms with van der Waals surface area (Å²) in [6, 6.07) is 26.1. The second-order valence-corrected chi connectivity index (χ2v) is 13.6. The summed E-state index contributed by atoms with van der Waals surface area (Å²) in [5.41, 5.74) is 2.67. The minimum absolute atomic E-state index is 0.0680. The third kappa shape index (κ3) is 6.46. The van der Waals surface area contributed by atoms with Gasteiger partial charge in [0.15, 0.2) is 0 Å². The largest absolute Gasteiger partial charge is 0.739 e. The van der Waals surface area contributed by atoms with Crippen molar-refractivity contribution in [3.05, 3.63) is 113 Å². The molecule has 232 valence electrons. The summed E-state index contributed by atoms with van der Waals surface area (Å²) in [5.74, 6) is 2.45. The normalized spacial score (nSPS) is 15.0. The Labute approximate surface area is 263 Å². The highest BCUT2D eigenvalue weighted by molar-refractivity contribution is 6.54. The zero-order chi connectivity index (χ0) is 32.1. The fraction of sp³-hybridized carbons (Fsp3) is 0.314. The molecule has 4 aromatic carbocycles. The summed E-state index contributed by atoms with van der Waals surface area (Å²) < 4.78 is 66.1. The van der Waals surface area contributed by atoms with Crippen LogP contribution in [0.2, 0.25) is 6.32 Å². The maximum atomic E-state index is 13.6. The molecule has 0 amide bonds. The van der Waals surface area contributed by atoms with Crippen molar-refractivity contribution in [3.8, 4) is 23.0 Å². The Morgan fingerprint density at radius 3 is 1.64 bits per heavy atom. The van der Waals surface area contributed by atoms with E-state index in [9.17, 15) is 13.2 Å². The molecule has 6 rings (SSSR count). The van der Waals surface area contributed by atoms with Crippen molar-refractivity contribution in [2.45, 2.75) is 70.9 Å². The van der Waals surface area contributed by atoms with Crippen LogP contribution in [0.5, 0.6) is 23.0 Å². The fourth-order valence-corrected chi connectivity index (χ4v) is 5.63. The van der Waals surface area contributed by atoms with Gasteiger partial charge in [0.2, 0.25) is 0 Å². The first-order valence-corrected chi connectivity index (χ1v) is 15.1. The highest BCUT2D eigenvalue weighted by Crippen LogP contribution is 2.44. The lowest BCUT2D eigenvalue weighted by Gasteiger charge is -2.34. The van der Waals surface area contributed by atoms with E-state index in [1.165, 1.54) is 12.1 Å². The SMILES string of the molecule is CC(C)(C)c1ccc2c(c1)OB(CC(c1ccccc1)N(B1Oc3ccc(C(C)(C)C)cc3O1)c1ccc(C(F)(F)F)cc1)O2. The maximum Gasteiger partial charge on any atom is 0.739 e. The molecule has 2 heterocycles. The Hall–Kier alpha value is -4.20. The topological polar surface area (TPSA) is 40.2 Å². The molecule has 4 aromatic rings. The molecule has 0 N–H and O–H groups in total. The monoisotopic (exact) mass is 613 g/mol. The molecule has 2 aliphatic heterocycles. The van der Waals surface area contributed by atoms with Crippen LogP contribution in [-0.2, 0) is 17.0 Å². The molecule has 1 atom stereocenters. The molecule has 0 saturated carbocycles. The van der Waals surface area contributed by atoms with E-state index in [2.05, 4.69) is 41.5 Å². The van der Waals surface area contributed by atoms with E-state index in [0.717, 1.165) is 28.8 Å². The number of nitrogens with zero attached hydrogens (tertiary/aromatic N) is 1. The van der Waals surface area contributed by atoms with Crippen LogP contribution < -0.4 is 23.4 Å². The van der Waals surface area contributed by atoms with E-state index in [4.69, 9.17) is 18.6 Å². The van der Waals surface area contributed by atoms with Crippen LogP contribution in [-0.4, -0.2) is 14.4 Å². The molecular formula is C35H36B2F3NO4. The first-order valence-electron chi connectivity index (χ1n) is 15.1. The molecule has 5 nitrogen and oxygen atoms in total. The summed E-state index contributed by atoms with van der Waals surface area (Å²) in [6.45, 7) is 12.8. The minimum atomic E-state index is -4.47. The zero-order valence-corrected chi connectivity index (χ0v) is 26.3. The Morgan fingerprint density at radius 2 is 1.09 bits per heavy atom. The van der Waals surface area contributed by atoms with Crippen LogP contribution >= 0.6 is 0 Å². The Balaban J connectivity index is 1.38. The highest BCUT2D eigenvalue weighted by atomic mass is 19.4. The van der Waals surface area contributed by atoms with Gasteiger partial charge >= 0.3 is 20.5 Å². The van der Waals surface area contributed by atoms with Crippen LogP contribution in [0.15, 0.2) is 91.0 Å². The van der Waals surface area contributed by atoms with E-state index < -0.39 is 32.2 Å². The van der Waals surface area contributed by atoms with E-state index in [1.54, 1.807) is 0 Å². The van der Waals surface area contributed by atoms with E-state index in [0.29, 0.717) is 35.0 Å². The van der Waals surface area contributed by atoms with Crippen molar-refractivity contribution >= 4 is 20.1 Å². The Bertz CT molecular complexity index is 1670. The number of benzene rings is 4. The average Bonchev–Trinajstić information content (AvgIpc) is 3.59. The van der Waals surface area contributed by atoms with Gasteiger partial charge < -0.3 is 23.4 Å². The van der Waals surface area contributed by atoms with Crippen molar-refractivity contribution in [3.63, 3.8) is 0 Å². The number of halogens is 3. The summed E-state index contributed by atoms with van der Waals surface area (Å²) in [7, 11) is -1.62. The predicted octanol–water partition coefficient (Wildman–Crippen LogP) is 9.26. The van der Waals surface area contributed by atoms with E-state index >= 15 is 0 Å². The molecule has 0 bridgehead atoms. The summed E-state index contributed by atoms with van der Waals surface area (Å²) in [5, 5.41) is 0. The first kappa shape index (κ1) is 30.8. The molecule has 10 heteroatoms. The number of alkyl halides is 3. The number of rotatable bonds is 6. The third-order valence-corrected chi connectivity index (χ3v) is 8.25. The standard InChI is InChI=1S/C35H36B2F3NO4/c1-33(2,3)25-14-18-29-31(20-25)43-36(42-29)22-28(23-10-8-7-9-11-23)41(27-16-12-24(13-17-27)35(38,39)40)37-44-30-19-15-26(34(4,5)6)21-32(30)45-37/h7-21,28H,22H2,1-6H3. The van der Waals surface area contributed by atoms with Gasteiger partial charge in [-0.2, -0.15) is 13.2 Å². The van der Waals surface area contributed by atoms with Crippen LogP contribution in [0, 0.1) is 0 Å². The molecule has 0 fully saturated rings. The van der Waals surface area contributed by atoms with Crippen LogP contribution in [0.4, 0.5) is 18.9 Å². The van der Waals surface area contributed by atoms with Gasteiger partial charge in [-0.05, 0) is 76.1 Å². The van der Waals surface area contributed by atoms with Crippen LogP contribution in [0.3, 0.4) is 0 Å². The quantitative estimate of drug-likeness (QED) is 0.203. The molecule has 0 aromatic heterocycles. The Kier molecular flexibility index (Phi) is 7.74. The van der Waals surface area contributed by atoms with E-state index in [-0.39, 0.29) is 10.8 Å². The molecule has 2 aliphatic rings. The minimum Gasteiger partial charge on any atom is -0.523 e. The van der Waals surface area contributed by atoms with Gasteiger partial charge in [-0.3, -0.25) is 0 Å². The molecule has 0 aliphatic carbocycles. The second-order valence-electron chi connectivity index (χ2n) is 13.6. The number of anilines is 1. The van der Waals surface area contributed by atoms with E-state index in [1.807, 2.05) is 71.5 Å². The lowest BCUT2D eigenvalue weighted by atomic mass is 9.75. The Morgan fingerprint density at radius 1 is 0.600 bits per heavy atom. The van der Waals surface area contributed by atoms with Gasteiger partial charge in [-0.15, -0.1) is 0 Å². The molecular weight excluding hydrogens is 577 g/mol. The van der Waals surface area contributed by atoms with Gasteiger partial charge in [0, 0.05) is 12.0 Å². The van der Waals surface area contributed by atoms with Crippen molar-refractivity contribution in [2.75, 3.05) is 4.81 Å². The average molecular weight is 613 g/mol. The summed E-state index contributed by atoms with van der Waals surface area (Å²) in [6.07, 6.45) is -4.14. The predicted molar refractivity (Wildman–Crippen MR) is 172 cm³/mol. The zero-order valence-electron chi connectivity index (χ0n) is 26.3. The number of hydrogen-bond acceptors (Lipinski definition) is 5. The fourth-order valence-electron chi connectivity index (χ4n) is 5.63. The second kappa shape index (κ2) is 11.3. The van der Waals surface area contributed by atoms with Gasteiger partial charge in [0.05, 0.1) is 11.6 Å². The molecule has 0 spiro atoms. The molecule has 1 unspecified atom stereocenters. The third-order valence-electron chi connectivity index (χ3n) is 8.25. The van der Waals surface area contributed by atoms with Gasteiger partial charge in [-0.1, -0.05) is 84.0 Å². The van der Waals surface area contributed by atoms with Gasteiger partial charge in [0.1, 0.15) is 23.0 Å². The highest BCUT2D eigenvalue weighted by Gasteiger charge is 2.47. The van der Waals surface area contributed by atoms with Crippen molar-refractivity contribution < 1.29 is 31.8 Å². The van der Waals surface area contributed by atoms with Crippen LogP contribution in [0.25, 0.3) is 0 Å². The smallest absolute Gasteiger partial charge is 0.523 e. The maximum absolute atomic E-state index is 13.6. The molecule has 0 radical (unpaired) electrons. The number of fused-ring (bicyclic) bond motifs is 2. The lowest BCUT2D eigenvalue weighted by molar-refractivity contribution is -0.137. The molecule has 0 saturated heterocycles. The summed E-state index contributed by atoms with van der Waals surface area (Å²) in [4.78, 5) is 1.86. The van der Waals surface area contributed by atoms with Crippen molar-refractivity contribution in [2.24, 2.45) is 0 Å². The lowest BCUT2D eigenvalue weighted by Crippen LogP contribution is -2.50. The number of hydrogen-bond donors (Lipinski definition) is 0. The van der Waals surface area contributed by atoms with Gasteiger partial charge in [-0.25, -0.2) is 0 Å². The van der Waals surface area contributed by atoms with Gasteiger partial charge in [0.25, 0.3) is 0 Å².